The summed E-state index contributed by atoms with van der Waals surface area (Å²) >= 11 is 1.19. The van der Waals surface area contributed by atoms with E-state index in [2.05, 4.69) is 10.6 Å². The van der Waals surface area contributed by atoms with Crippen LogP contribution in [0.5, 0.6) is 0 Å². The third kappa shape index (κ3) is 6.22. The molecule has 0 unspecified atom stereocenters. The Morgan fingerprint density at radius 1 is 1.19 bits per heavy atom. The van der Waals surface area contributed by atoms with E-state index in [1.807, 2.05) is 36.4 Å². The molecule has 7 nitrogen and oxygen atoms in total. The zero-order valence-electron chi connectivity index (χ0n) is 13.6. The maximum absolute atomic E-state index is 11.7. The zero-order valence-corrected chi connectivity index (χ0v) is 14.4. The average molecular weight is 369 g/mol. The highest BCUT2D eigenvalue weighted by molar-refractivity contribution is 7.14. The first-order chi connectivity index (χ1) is 12.6. The van der Waals surface area contributed by atoms with E-state index in [0.29, 0.717) is 10.6 Å². The Kier molecular flexibility index (Phi) is 7.09. The Labute approximate surface area is 153 Å². The standard InChI is InChI=1S/C18H15N3O4S/c19-10-14-8-9-26-18(14)21-16(23)12-25-17(24)11-20-15(22)7-6-13-4-2-1-3-5-13/h1-9H,11-12H2,(H,20,22)(H,21,23)/b7-6+. The fourth-order valence-corrected chi connectivity index (χ4v) is 2.56. The summed E-state index contributed by atoms with van der Waals surface area (Å²) in [6, 6.07) is 12.7. The summed E-state index contributed by atoms with van der Waals surface area (Å²) < 4.78 is 4.77. The molecule has 132 valence electrons. The number of hydrogen-bond acceptors (Lipinski definition) is 6. The molecule has 8 heteroatoms. The van der Waals surface area contributed by atoms with Crippen molar-refractivity contribution >= 4 is 40.2 Å². The summed E-state index contributed by atoms with van der Waals surface area (Å²) in [5.74, 6) is -1.76. The number of thiophene rings is 1. The minimum atomic E-state index is -0.742. The molecule has 2 rings (SSSR count). The molecule has 0 atom stereocenters. The fourth-order valence-electron chi connectivity index (χ4n) is 1.81. The number of anilines is 1. The molecule has 0 saturated heterocycles. The summed E-state index contributed by atoms with van der Waals surface area (Å²) in [5.41, 5.74) is 1.19. The van der Waals surface area contributed by atoms with Gasteiger partial charge in [0.1, 0.15) is 17.6 Å². The predicted octanol–water partition coefficient (Wildman–Crippen LogP) is 1.93. The van der Waals surface area contributed by atoms with Crippen molar-refractivity contribution in [3.8, 4) is 6.07 Å². The van der Waals surface area contributed by atoms with Crippen molar-refractivity contribution in [3.05, 3.63) is 59.0 Å². The molecule has 0 aliphatic heterocycles. The molecule has 0 fully saturated rings. The number of ether oxygens (including phenoxy) is 1. The molecule has 2 amide bonds. The topological polar surface area (TPSA) is 108 Å². The zero-order chi connectivity index (χ0) is 18.8. The lowest BCUT2D eigenvalue weighted by Gasteiger charge is -2.06. The monoisotopic (exact) mass is 369 g/mol. The molecule has 0 aliphatic rings. The van der Waals surface area contributed by atoms with Gasteiger partial charge in [0.25, 0.3) is 5.91 Å². The van der Waals surface area contributed by atoms with E-state index < -0.39 is 24.4 Å². The lowest BCUT2D eigenvalue weighted by molar-refractivity contribution is -0.146. The molecule has 0 spiro atoms. The van der Waals surface area contributed by atoms with Crippen molar-refractivity contribution < 1.29 is 19.1 Å². The summed E-state index contributed by atoms with van der Waals surface area (Å²) in [7, 11) is 0. The van der Waals surface area contributed by atoms with E-state index in [-0.39, 0.29) is 6.54 Å². The third-order valence-electron chi connectivity index (χ3n) is 3.04. The number of carbonyl (C=O) groups excluding carboxylic acids is 3. The van der Waals surface area contributed by atoms with Crippen molar-refractivity contribution in [1.29, 1.82) is 5.26 Å². The van der Waals surface area contributed by atoms with Crippen LogP contribution in [0.15, 0.2) is 47.9 Å². The molecule has 0 bridgehead atoms. The highest BCUT2D eigenvalue weighted by Gasteiger charge is 2.11. The van der Waals surface area contributed by atoms with Gasteiger partial charge in [-0.1, -0.05) is 30.3 Å². The smallest absolute Gasteiger partial charge is 0.325 e. The van der Waals surface area contributed by atoms with Crippen molar-refractivity contribution in [1.82, 2.24) is 5.32 Å². The van der Waals surface area contributed by atoms with Crippen molar-refractivity contribution in [3.63, 3.8) is 0 Å². The Balaban J connectivity index is 1.68. The number of rotatable bonds is 7. The molecular formula is C18H15N3O4S. The van der Waals surface area contributed by atoms with Gasteiger partial charge < -0.3 is 15.4 Å². The summed E-state index contributed by atoms with van der Waals surface area (Å²) in [6.45, 7) is -0.856. The number of esters is 1. The Morgan fingerprint density at radius 3 is 2.69 bits per heavy atom. The molecule has 0 saturated carbocycles. The Morgan fingerprint density at radius 2 is 1.96 bits per heavy atom. The van der Waals surface area contributed by atoms with Gasteiger partial charge in [0.2, 0.25) is 5.91 Å². The highest BCUT2D eigenvalue weighted by atomic mass is 32.1. The van der Waals surface area contributed by atoms with Crippen LogP contribution in [0, 0.1) is 11.3 Å². The van der Waals surface area contributed by atoms with Gasteiger partial charge in [0.15, 0.2) is 6.61 Å². The number of carbonyl (C=O) groups is 3. The van der Waals surface area contributed by atoms with Crippen LogP contribution >= 0.6 is 11.3 Å². The number of benzene rings is 1. The van der Waals surface area contributed by atoms with Crippen LogP contribution in [0.2, 0.25) is 0 Å². The van der Waals surface area contributed by atoms with Crippen molar-refractivity contribution in [2.24, 2.45) is 0 Å². The van der Waals surface area contributed by atoms with Gasteiger partial charge in [-0.15, -0.1) is 11.3 Å². The second-order valence-electron chi connectivity index (χ2n) is 4.95. The van der Waals surface area contributed by atoms with Gasteiger partial charge in [-0.3, -0.25) is 14.4 Å². The van der Waals surface area contributed by atoms with Gasteiger partial charge in [-0.25, -0.2) is 0 Å². The normalized spacial score (nSPS) is 10.1. The minimum Gasteiger partial charge on any atom is -0.454 e. The van der Waals surface area contributed by atoms with Crippen LogP contribution in [0.3, 0.4) is 0 Å². The number of amides is 2. The average Bonchev–Trinajstić information content (AvgIpc) is 3.10. The molecule has 2 N–H and O–H groups in total. The quantitative estimate of drug-likeness (QED) is 0.573. The van der Waals surface area contributed by atoms with Gasteiger partial charge in [-0.2, -0.15) is 5.26 Å². The number of nitrogens with one attached hydrogen (secondary N) is 2. The first-order valence-corrected chi connectivity index (χ1v) is 8.40. The van der Waals surface area contributed by atoms with E-state index in [9.17, 15) is 14.4 Å². The predicted molar refractivity (Wildman–Crippen MR) is 97.1 cm³/mol. The molecule has 1 aromatic heterocycles. The lowest BCUT2D eigenvalue weighted by Crippen LogP contribution is -2.31. The maximum Gasteiger partial charge on any atom is 0.325 e. The Hall–Kier alpha value is -3.44. The molecule has 26 heavy (non-hydrogen) atoms. The fraction of sp³-hybridized carbons (Fsp3) is 0.111. The molecule has 1 heterocycles. The van der Waals surface area contributed by atoms with Crippen LogP contribution < -0.4 is 10.6 Å². The van der Waals surface area contributed by atoms with E-state index >= 15 is 0 Å². The van der Waals surface area contributed by atoms with Crippen molar-refractivity contribution in [2.45, 2.75) is 0 Å². The summed E-state index contributed by atoms with van der Waals surface area (Å²) in [6.07, 6.45) is 2.91. The summed E-state index contributed by atoms with van der Waals surface area (Å²) in [5, 5.41) is 15.8. The second-order valence-corrected chi connectivity index (χ2v) is 5.86. The first-order valence-electron chi connectivity index (χ1n) is 7.52. The first kappa shape index (κ1) is 18.9. The van der Waals surface area contributed by atoms with Gasteiger partial charge in [0, 0.05) is 6.08 Å². The maximum atomic E-state index is 11.7. The van der Waals surface area contributed by atoms with E-state index in [1.54, 1.807) is 17.5 Å². The number of nitriles is 1. The van der Waals surface area contributed by atoms with Crippen molar-refractivity contribution in [2.75, 3.05) is 18.5 Å². The van der Waals surface area contributed by atoms with E-state index in [4.69, 9.17) is 10.00 Å². The second kappa shape index (κ2) is 9.76. The SMILES string of the molecule is N#Cc1ccsc1NC(=O)COC(=O)CNC(=O)/C=C/c1ccccc1. The number of nitrogens with zero attached hydrogens (tertiary/aromatic N) is 1. The molecular weight excluding hydrogens is 354 g/mol. The molecule has 1 aromatic carbocycles. The van der Waals surface area contributed by atoms with Crippen LogP contribution in [0.4, 0.5) is 5.00 Å². The number of hydrogen-bond donors (Lipinski definition) is 2. The van der Waals surface area contributed by atoms with Gasteiger partial charge in [-0.05, 0) is 23.1 Å². The minimum absolute atomic E-state index is 0.340. The summed E-state index contributed by atoms with van der Waals surface area (Å²) in [4.78, 5) is 34.9. The van der Waals surface area contributed by atoms with Crippen LogP contribution in [0.25, 0.3) is 6.08 Å². The third-order valence-corrected chi connectivity index (χ3v) is 3.87. The van der Waals surface area contributed by atoms with E-state index in [0.717, 1.165) is 5.56 Å². The lowest BCUT2D eigenvalue weighted by atomic mass is 10.2. The largest absolute Gasteiger partial charge is 0.454 e. The van der Waals surface area contributed by atoms with Crippen LogP contribution in [-0.2, 0) is 19.1 Å². The van der Waals surface area contributed by atoms with Crippen LogP contribution in [-0.4, -0.2) is 30.9 Å². The molecule has 0 radical (unpaired) electrons. The van der Waals surface area contributed by atoms with E-state index in [1.165, 1.54) is 17.4 Å². The highest BCUT2D eigenvalue weighted by Crippen LogP contribution is 2.21. The molecule has 2 aromatic rings. The van der Waals surface area contributed by atoms with Gasteiger partial charge in [0.05, 0.1) is 5.56 Å². The molecule has 0 aliphatic carbocycles. The van der Waals surface area contributed by atoms with Crippen LogP contribution in [0.1, 0.15) is 11.1 Å². The Bertz CT molecular complexity index is 853. The van der Waals surface area contributed by atoms with Gasteiger partial charge >= 0.3 is 5.97 Å².